The lowest BCUT2D eigenvalue weighted by Crippen LogP contribution is -2.31. The molecule has 0 rings (SSSR count). The summed E-state index contributed by atoms with van der Waals surface area (Å²) in [5.41, 5.74) is 0. The summed E-state index contributed by atoms with van der Waals surface area (Å²) in [7, 11) is 2.62. The number of hydrogen-bond acceptors (Lipinski definition) is 3. The molecule has 0 spiro atoms. The lowest BCUT2D eigenvalue weighted by molar-refractivity contribution is -0.144. The van der Waals surface area contributed by atoms with Crippen molar-refractivity contribution in [1.82, 2.24) is 4.90 Å². The summed E-state index contributed by atoms with van der Waals surface area (Å²) in [5.74, 6) is -0.398. The van der Waals surface area contributed by atoms with E-state index in [1.807, 2.05) is 0 Å². The van der Waals surface area contributed by atoms with Crippen LogP contribution in [0, 0.1) is 0 Å². The molecule has 0 fully saturated rings. The summed E-state index contributed by atoms with van der Waals surface area (Å²) < 4.78 is 39.8. The third-order valence-corrected chi connectivity index (χ3v) is 1.60. The zero-order valence-corrected chi connectivity index (χ0v) is 8.23. The van der Waals surface area contributed by atoms with E-state index in [9.17, 15) is 18.0 Å². The number of alkyl halides is 3. The van der Waals surface area contributed by atoms with Crippen molar-refractivity contribution in [2.24, 2.45) is 0 Å². The first-order chi connectivity index (χ1) is 6.35. The summed E-state index contributed by atoms with van der Waals surface area (Å²) in [4.78, 5) is 11.7. The molecule has 0 saturated heterocycles. The third kappa shape index (κ3) is 7.85. The molecule has 3 nitrogen and oxygen atoms in total. The molecule has 14 heavy (non-hydrogen) atoms. The maximum absolute atomic E-state index is 11.8. The van der Waals surface area contributed by atoms with Crippen LogP contribution in [0.2, 0.25) is 0 Å². The van der Waals surface area contributed by atoms with Crippen LogP contribution < -0.4 is 0 Å². The Hall–Kier alpha value is -0.780. The average molecular weight is 213 g/mol. The number of methoxy groups -OCH3 is 1. The second-order valence-corrected chi connectivity index (χ2v) is 3.03. The minimum atomic E-state index is -4.18. The van der Waals surface area contributed by atoms with Gasteiger partial charge in [-0.25, -0.2) is 0 Å². The Bertz CT molecular complexity index is 182. The lowest BCUT2D eigenvalue weighted by Gasteiger charge is -2.17. The van der Waals surface area contributed by atoms with E-state index in [1.165, 1.54) is 14.2 Å². The number of rotatable bonds is 5. The SMILES string of the molecule is COC(=O)CCCN(C)CC(F)(F)F. The Labute approximate surface area is 80.8 Å². The first kappa shape index (κ1) is 13.2. The normalized spacial score (nSPS) is 11.9. The van der Waals surface area contributed by atoms with Gasteiger partial charge in [0.15, 0.2) is 0 Å². The fourth-order valence-electron chi connectivity index (χ4n) is 0.980. The molecule has 6 heteroatoms. The molecule has 0 aromatic heterocycles. The van der Waals surface area contributed by atoms with Crippen LogP contribution in [0.15, 0.2) is 0 Å². The standard InChI is InChI=1S/C8H14F3NO2/c1-12(6-8(9,10)11)5-3-4-7(13)14-2/h3-6H2,1-2H3. The quantitative estimate of drug-likeness (QED) is 0.647. The van der Waals surface area contributed by atoms with Gasteiger partial charge in [-0.2, -0.15) is 13.2 Å². The van der Waals surface area contributed by atoms with Crippen molar-refractivity contribution in [3.8, 4) is 0 Å². The molecule has 0 unspecified atom stereocenters. The Morgan fingerprint density at radius 1 is 1.43 bits per heavy atom. The van der Waals surface area contributed by atoms with Crippen molar-refractivity contribution in [2.75, 3.05) is 27.2 Å². The summed E-state index contributed by atoms with van der Waals surface area (Å²) >= 11 is 0. The van der Waals surface area contributed by atoms with E-state index >= 15 is 0 Å². The Kier molecular flexibility index (Phi) is 5.52. The minimum Gasteiger partial charge on any atom is -0.469 e. The smallest absolute Gasteiger partial charge is 0.401 e. The molecule has 0 aromatic carbocycles. The number of ether oxygens (including phenoxy) is 1. The molecule has 0 heterocycles. The van der Waals surface area contributed by atoms with Crippen LogP contribution in [0.5, 0.6) is 0 Å². The van der Waals surface area contributed by atoms with E-state index in [0.717, 1.165) is 4.90 Å². The monoisotopic (exact) mass is 213 g/mol. The molecule has 0 N–H and O–H groups in total. The van der Waals surface area contributed by atoms with E-state index in [4.69, 9.17) is 0 Å². The number of hydrogen-bond donors (Lipinski definition) is 0. The van der Waals surface area contributed by atoms with Gasteiger partial charge in [0.05, 0.1) is 13.7 Å². The van der Waals surface area contributed by atoms with Crippen molar-refractivity contribution >= 4 is 5.97 Å². The third-order valence-electron chi connectivity index (χ3n) is 1.60. The summed E-state index contributed by atoms with van der Waals surface area (Å²) in [5, 5.41) is 0. The van der Waals surface area contributed by atoms with Crippen LogP contribution >= 0.6 is 0 Å². The first-order valence-corrected chi connectivity index (χ1v) is 4.17. The van der Waals surface area contributed by atoms with Gasteiger partial charge in [-0.3, -0.25) is 9.69 Å². The average Bonchev–Trinajstić information content (AvgIpc) is 2.00. The van der Waals surface area contributed by atoms with Gasteiger partial charge in [-0.1, -0.05) is 0 Å². The van der Waals surface area contributed by atoms with Crippen LogP contribution in [0.3, 0.4) is 0 Å². The molecule has 0 saturated carbocycles. The van der Waals surface area contributed by atoms with E-state index in [1.54, 1.807) is 0 Å². The summed E-state index contributed by atoms with van der Waals surface area (Å²) in [6.07, 6.45) is -3.65. The molecule has 0 aliphatic heterocycles. The number of nitrogens with zero attached hydrogens (tertiary/aromatic N) is 1. The number of carbonyl (C=O) groups is 1. The van der Waals surface area contributed by atoms with Gasteiger partial charge in [-0.05, 0) is 20.0 Å². The zero-order chi connectivity index (χ0) is 11.2. The van der Waals surface area contributed by atoms with Crippen LogP contribution in [0.4, 0.5) is 13.2 Å². The molecule has 0 radical (unpaired) electrons. The second kappa shape index (κ2) is 5.85. The Morgan fingerprint density at radius 3 is 2.43 bits per heavy atom. The van der Waals surface area contributed by atoms with Crippen molar-refractivity contribution in [1.29, 1.82) is 0 Å². The highest BCUT2D eigenvalue weighted by Crippen LogP contribution is 2.15. The van der Waals surface area contributed by atoms with Gasteiger partial charge in [0.25, 0.3) is 0 Å². The maximum Gasteiger partial charge on any atom is 0.401 e. The molecule has 0 aromatic rings. The fourth-order valence-corrected chi connectivity index (χ4v) is 0.980. The Balaban J connectivity index is 3.54. The number of halogens is 3. The maximum atomic E-state index is 11.8. The highest BCUT2D eigenvalue weighted by molar-refractivity contribution is 5.69. The van der Waals surface area contributed by atoms with Crippen LogP contribution in [-0.2, 0) is 9.53 Å². The van der Waals surface area contributed by atoms with E-state index in [-0.39, 0.29) is 13.0 Å². The van der Waals surface area contributed by atoms with Crippen molar-refractivity contribution < 1.29 is 22.7 Å². The van der Waals surface area contributed by atoms with Crippen LogP contribution in [-0.4, -0.2) is 44.3 Å². The van der Waals surface area contributed by atoms with Crippen molar-refractivity contribution in [3.63, 3.8) is 0 Å². The van der Waals surface area contributed by atoms with Crippen molar-refractivity contribution in [2.45, 2.75) is 19.0 Å². The molecule has 0 atom stereocenters. The van der Waals surface area contributed by atoms with E-state index < -0.39 is 18.7 Å². The molecule has 0 aliphatic rings. The van der Waals surface area contributed by atoms with Gasteiger partial charge < -0.3 is 4.74 Å². The van der Waals surface area contributed by atoms with E-state index in [0.29, 0.717) is 6.42 Å². The topological polar surface area (TPSA) is 29.5 Å². The molecular weight excluding hydrogens is 199 g/mol. The van der Waals surface area contributed by atoms with Gasteiger partial charge >= 0.3 is 12.1 Å². The second-order valence-electron chi connectivity index (χ2n) is 3.03. The fraction of sp³-hybridized carbons (Fsp3) is 0.875. The Morgan fingerprint density at radius 2 is 2.00 bits per heavy atom. The number of carbonyl (C=O) groups excluding carboxylic acids is 1. The molecule has 84 valence electrons. The predicted octanol–water partition coefficient (Wildman–Crippen LogP) is 1.43. The molecule has 0 aliphatic carbocycles. The molecule has 0 amide bonds. The number of esters is 1. The molecule has 0 bridgehead atoms. The molecular formula is C8H14F3NO2. The van der Waals surface area contributed by atoms with Gasteiger partial charge in [0, 0.05) is 6.42 Å². The first-order valence-electron chi connectivity index (χ1n) is 4.17. The van der Waals surface area contributed by atoms with Gasteiger partial charge in [0.1, 0.15) is 0 Å². The largest absolute Gasteiger partial charge is 0.469 e. The van der Waals surface area contributed by atoms with Gasteiger partial charge in [0.2, 0.25) is 0 Å². The van der Waals surface area contributed by atoms with Gasteiger partial charge in [-0.15, -0.1) is 0 Å². The van der Waals surface area contributed by atoms with Crippen molar-refractivity contribution in [3.05, 3.63) is 0 Å². The minimum absolute atomic E-state index is 0.151. The highest BCUT2D eigenvalue weighted by Gasteiger charge is 2.28. The summed E-state index contributed by atoms with van der Waals surface area (Å²) in [6, 6.07) is 0. The van der Waals surface area contributed by atoms with Crippen LogP contribution in [0.1, 0.15) is 12.8 Å². The van der Waals surface area contributed by atoms with E-state index in [2.05, 4.69) is 4.74 Å². The predicted molar refractivity (Wildman–Crippen MR) is 44.8 cm³/mol. The lowest BCUT2D eigenvalue weighted by atomic mass is 10.3. The highest BCUT2D eigenvalue weighted by atomic mass is 19.4. The summed E-state index contributed by atoms with van der Waals surface area (Å²) in [6.45, 7) is -0.719. The van der Waals surface area contributed by atoms with Crippen LogP contribution in [0.25, 0.3) is 0 Å². The zero-order valence-electron chi connectivity index (χ0n) is 8.23.